The number of aryl methyl sites for hydroxylation is 1. The average Bonchev–Trinajstić information content (AvgIpc) is 2.55. The fourth-order valence-electron chi connectivity index (χ4n) is 2.04. The number of ether oxygens (including phenoxy) is 1. The summed E-state index contributed by atoms with van der Waals surface area (Å²) in [6.45, 7) is 0.122. The summed E-state index contributed by atoms with van der Waals surface area (Å²) in [7, 11) is 0. The van der Waals surface area contributed by atoms with E-state index in [2.05, 4.69) is 0 Å². The molecule has 2 aromatic rings. The molecule has 0 N–H and O–H groups in total. The van der Waals surface area contributed by atoms with Gasteiger partial charge in [0.2, 0.25) is 0 Å². The van der Waals surface area contributed by atoms with Crippen LogP contribution in [0.4, 0.5) is 10.1 Å². The van der Waals surface area contributed by atoms with Gasteiger partial charge < -0.3 is 4.74 Å². The minimum Gasteiger partial charge on any atom is -0.461 e. The minimum absolute atomic E-state index is 0.0486. The first-order valence-electron chi connectivity index (χ1n) is 7.18. The zero-order chi connectivity index (χ0) is 16.7. The number of nitro groups is 1. The van der Waals surface area contributed by atoms with Crippen molar-refractivity contribution < 1.29 is 18.8 Å². The molecule has 0 fully saturated rings. The van der Waals surface area contributed by atoms with E-state index in [-0.39, 0.29) is 30.5 Å². The predicted molar refractivity (Wildman–Crippen MR) is 82.2 cm³/mol. The van der Waals surface area contributed by atoms with Gasteiger partial charge in [-0.2, -0.15) is 0 Å². The fraction of sp³-hybridized carbons (Fsp3) is 0.235. The molecule has 2 rings (SSSR count). The van der Waals surface area contributed by atoms with Gasteiger partial charge in [-0.25, -0.2) is 4.39 Å². The number of carbonyl (C=O) groups excluding carboxylic acids is 1. The van der Waals surface area contributed by atoms with Crippen LogP contribution in [-0.4, -0.2) is 10.9 Å². The summed E-state index contributed by atoms with van der Waals surface area (Å²) in [6, 6.07) is 12.0. The van der Waals surface area contributed by atoms with E-state index in [1.807, 2.05) is 0 Å². The summed E-state index contributed by atoms with van der Waals surface area (Å²) in [6.07, 6.45) is 1.50. The average molecular weight is 317 g/mol. The van der Waals surface area contributed by atoms with E-state index in [4.69, 9.17) is 4.74 Å². The highest BCUT2D eigenvalue weighted by Gasteiger charge is 2.06. The highest BCUT2D eigenvalue weighted by Crippen LogP contribution is 2.14. The van der Waals surface area contributed by atoms with Crippen LogP contribution in [0.2, 0.25) is 0 Å². The van der Waals surface area contributed by atoms with Crippen molar-refractivity contribution in [1.29, 1.82) is 0 Å². The molecule has 0 amide bonds. The topological polar surface area (TPSA) is 69.4 Å². The molecule has 0 aliphatic carbocycles. The van der Waals surface area contributed by atoms with Crippen molar-refractivity contribution in [1.82, 2.24) is 0 Å². The van der Waals surface area contributed by atoms with Crippen LogP contribution >= 0.6 is 0 Å². The number of hydrogen-bond donors (Lipinski definition) is 0. The Morgan fingerprint density at radius 3 is 2.26 bits per heavy atom. The third-order valence-electron chi connectivity index (χ3n) is 3.31. The first-order valence-corrected chi connectivity index (χ1v) is 7.18. The fourth-order valence-corrected chi connectivity index (χ4v) is 2.04. The van der Waals surface area contributed by atoms with Gasteiger partial charge in [0.1, 0.15) is 12.4 Å². The maximum absolute atomic E-state index is 12.7. The molecule has 0 saturated heterocycles. The van der Waals surface area contributed by atoms with Gasteiger partial charge in [0.05, 0.1) is 4.92 Å². The molecule has 0 bridgehead atoms. The molecule has 0 aromatic heterocycles. The number of benzene rings is 2. The van der Waals surface area contributed by atoms with E-state index in [1.165, 1.54) is 24.3 Å². The van der Waals surface area contributed by atoms with Crippen LogP contribution in [0.5, 0.6) is 0 Å². The number of nitrogens with zero attached hydrogens (tertiary/aromatic N) is 1. The zero-order valence-electron chi connectivity index (χ0n) is 12.4. The lowest BCUT2D eigenvalue weighted by Crippen LogP contribution is -2.05. The van der Waals surface area contributed by atoms with Gasteiger partial charge >= 0.3 is 5.97 Å². The van der Waals surface area contributed by atoms with Crippen LogP contribution in [0.1, 0.15) is 24.0 Å². The van der Waals surface area contributed by atoms with E-state index < -0.39 is 4.92 Å². The molecule has 0 spiro atoms. The van der Waals surface area contributed by atoms with Crippen molar-refractivity contribution in [2.75, 3.05) is 0 Å². The first kappa shape index (κ1) is 16.6. The summed E-state index contributed by atoms with van der Waals surface area (Å²) in [5.74, 6) is -0.653. The summed E-state index contributed by atoms with van der Waals surface area (Å²) < 4.78 is 17.8. The van der Waals surface area contributed by atoms with E-state index >= 15 is 0 Å². The lowest BCUT2D eigenvalue weighted by atomic mass is 10.1. The maximum Gasteiger partial charge on any atom is 0.306 e. The number of esters is 1. The van der Waals surface area contributed by atoms with Crippen LogP contribution in [0.15, 0.2) is 48.5 Å². The molecule has 5 nitrogen and oxygen atoms in total. The Kier molecular flexibility index (Phi) is 5.80. The summed E-state index contributed by atoms with van der Waals surface area (Å²) >= 11 is 0. The third kappa shape index (κ3) is 5.50. The van der Waals surface area contributed by atoms with Crippen LogP contribution in [0.25, 0.3) is 0 Å². The molecule has 0 atom stereocenters. The second-order valence-electron chi connectivity index (χ2n) is 5.06. The Bertz CT molecular complexity index is 668. The Balaban J connectivity index is 1.70. The minimum atomic E-state index is -0.448. The maximum atomic E-state index is 12.7. The largest absolute Gasteiger partial charge is 0.461 e. The summed E-state index contributed by atoms with van der Waals surface area (Å²) in [5.41, 5.74) is 1.71. The van der Waals surface area contributed by atoms with Crippen molar-refractivity contribution >= 4 is 11.7 Å². The predicted octanol–water partition coefficient (Wildman–Crippen LogP) is 3.80. The number of carbonyl (C=O) groups is 1. The standard InChI is InChI=1S/C17H16FNO4/c18-15-8-4-14(5-9-15)12-23-17(20)3-1-2-13-6-10-16(11-7-13)19(21)22/h4-11H,1-3,12H2. The molecule has 0 aliphatic heterocycles. The quantitative estimate of drug-likeness (QED) is 0.442. The second kappa shape index (κ2) is 8.03. The zero-order valence-corrected chi connectivity index (χ0v) is 12.4. The van der Waals surface area contributed by atoms with Crippen molar-refractivity contribution in [3.63, 3.8) is 0 Å². The van der Waals surface area contributed by atoms with Gasteiger partial charge in [0.15, 0.2) is 0 Å². The van der Waals surface area contributed by atoms with Crippen molar-refractivity contribution in [3.8, 4) is 0 Å². The molecule has 120 valence electrons. The van der Waals surface area contributed by atoms with Crippen LogP contribution in [0, 0.1) is 15.9 Å². The highest BCUT2D eigenvalue weighted by molar-refractivity contribution is 5.69. The van der Waals surface area contributed by atoms with E-state index in [9.17, 15) is 19.3 Å². The Morgan fingerprint density at radius 1 is 1.04 bits per heavy atom. The Hall–Kier alpha value is -2.76. The normalized spacial score (nSPS) is 10.3. The van der Waals surface area contributed by atoms with Gasteiger partial charge in [-0.3, -0.25) is 14.9 Å². The van der Waals surface area contributed by atoms with Gasteiger partial charge in [0, 0.05) is 18.6 Å². The molecular formula is C17H16FNO4. The molecule has 0 aliphatic rings. The number of non-ortho nitro benzene ring substituents is 1. The summed E-state index contributed by atoms with van der Waals surface area (Å²) in [4.78, 5) is 21.7. The Labute approximate surface area is 132 Å². The number of hydrogen-bond acceptors (Lipinski definition) is 4. The summed E-state index contributed by atoms with van der Waals surface area (Å²) in [5, 5.41) is 10.5. The Morgan fingerprint density at radius 2 is 1.65 bits per heavy atom. The van der Waals surface area contributed by atoms with Crippen LogP contribution in [-0.2, 0) is 22.6 Å². The molecule has 0 heterocycles. The number of nitro benzene ring substituents is 1. The van der Waals surface area contributed by atoms with Crippen molar-refractivity contribution in [3.05, 3.63) is 75.6 Å². The van der Waals surface area contributed by atoms with Crippen LogP contribution < -0.4 is 0 Å². The van der Waals surface area contributed by atoms with Gasteiger partial charge in [0.25, 0.3) is 5.69 Å². The molecule has 0 saturated carbocycles. The molecule has 23 heavy (non-hydrogen) atoms. The number of rotatable bonds is 7. The van der Waals surface area contributed by atoms with Gasteiger partial charge in [-0.05, 0) is 36.1 Å². The number of halogens is 1. The van der Waals surface area contributed by atoms with Crippen molar-refractivity contribution in [2.45, 2.75) is 25.9 Å². The van der Waals surface area contributed by atoms with Crippen LogP contribution in [0.3, 0.4) is 0 Å². The monoisotopic (exact) mass is 317 g/mol. The highest BCUT2D eigenvalue weighted by atomic mass is 19.1. The van der Waals surface area contributed by atoms with Crippen molar-refractivity contribution in [2.24, 2.45) is 0 Å². The molecule has 0 unspecified atom stereocenters. The van der Waals surface area contributed by atoms with E-state index in [0.717, 1.165) is 11.1 Å². The SMILES string of the molecule is O=C(CCCc1ccc([N+](=O)[O-])cc1)OCc1ccc(F)cc1. The van der Waals surface area contributed by atoms with Gasteiger partial charge in [-0.15, -0.1) is 0 Å². The molecular weight excluding hydrogens is 301 g/mol. The second-order valence-corrected chi connectivity index (χ2v) is 5.06. The van der Waals surface area contributed by atoms with E-state index in [0.29, 0.717) is 12.8 Å². The lowest BCUT2D eigenvalue weighted by molar-refractivity contribution is -0.384. The first-order chi connectivity index (χ1) is 11.0. The molecule has 2 aromatic carbocycles. The lowest BCUT2D eigenvalue weighted by Gasteiger charge is -2.05. The molecule has 6 heteroatoms. The van der Waals surface area contributed by atoms with E-state index in [1.54, 1.807) is 24.3 Å². The third-order valence-corrected chi connectivity index (χ3v) is 3.31. The molecule has 0 radical (unpaired) electrons. The van der Waals surface area contributed by atoms with Gasteiger partial charge in [-0.1, -0.05) is 24.3 Å². The smallest absolute Gasteiger partial charge is 0.306 e.